The molecule has 0 aliphatic carbocycles. The first-order valence-electron chi connectivity index (χ1n) is 5.53. The summed E-state index contributed by atoms with van der Waals surface area (Å²) in [5.41, 5.74) is 1.37. The molecule has 0 aromatic heterocycles. The number of aryl methyl sites for hydroxylation is 1. The van der Waals surface area contributed by atoms with Crippen LogP contribution in [0.2, 0.25) is 5.02 Å². The van der Waals surface area contributed by atoms with Gasteiger partial charge in [0.25, 0.3) is 5.91 Å². The Labute approximate surface area is 121 Å². The number of rotatable bonds is 2. The van der Waals surface area contributed by atoms with Crippen LogP contribution >= 0.6 is 24.2 Å². The molecule has 1 N–H and O–H groups in total. The normalized spacial score (nSPS) is 10.3. The minimum absolute atomic E-state index is 0.0517. The summed E-state index contributed by atoms with van der Waals surface area (Å²) in [6.07, 6.45) is 0. The van der Waals surface area contributed by atoms with Crippen LogP contribution in [0.1, 0.15) is 15.9 Å². The van der Waals surface area contributed by atoms with Crippen molar-refractivity contribution in [2.45, 2.75) is 11.8 Å². The second-order valence-electron chi connectivity index (χ2n) is 4.08. The van der Waals surface area contributed by atoms with E-state index < -0.39 is 11.7 Å². The third kappa shape index (κ3) is 3.28. The van der Waals surface area contributed by atoms with Crippen molar-refractivity contribution >= 4 is 35.8 Å². The number of anilines is 1. The Bertz CT molecular complexity index is 645. The molecule has 0 aliphatic heterocycles. The highest BCUT2D eigenvalue weighted by Crippen LogP contribution is 2.21. The Morgan fingerprint density at radius 1 is 1.26 bits per heavy atom. The Morgan fingerprint density at radius 3 is 2.68 bits per heavy atom. The third-order valence-corrected chi connectivity index (χ3v) is 3.31. The average Bonchev–Trinajstić information content (AvgIpc) is 2.36. The van der Waals surface area contributed by atoms with E-state index in [1.807, 2.05) is 6.92 Å². The number of nitrogens with one attached hydrogen (secondary N) is 1. The van der Waals surface area contributed by atoms with Crippen molar-refractivity contribution < 1.29 is 9.18 Å². The summed E-state index contributed by atoms with van der Waals surface area (Å²) in [4.78, 5) is 12.5. The number of carbonyl (C=O) groups excluding carboxylic acids is 1. The second-order valence-corrected chi connectivity index (χ2v) is 5.01. The average molecular weight is 296 g/mol. The van der Waals surface area contributed by atoms with Crippen LogP contribution in [0.15, 0.2) is 41.3 Å². The lowest BCUT2D eigenvalue weighted by Gasteiger charge is -2.08. The summed E-state index contributed by atoms with van der Waals surface area (Å²) in [6, 6.07) is 9.18. The fourth-order valence-electron chi connectivity index (χ4n) is 1.56. The van der Waals surface area contributed by atoms with Crippen LogP contribution in [0.5, 0.6) is 0 Å². The molecule has 0 bridgehead atoms. The van der Waals surface area contributed by atoms with Crippen molar-refractivity contribution in [1.29, 1.82) is 0 Å². The van der Waals surface area contributed by atoms with Crippen LogP contribution in [0.25, 0.3) is 0 Å². The number of hydrogen-bond acceptors (Lipinski definition) is 2. The van der Waals surface area contributed by atoms with Gasteiger partial charge in [0.05, 0.1) is 5.56 Å². The monoisotopic (exact) mass is 295 g/mol. The SMILES string of the molecule is Cc1ccc(NC(=O)c2cc(S)ccc2F)cc1Cl. The molecule has 0 atom stereocenters. The summed E-state index contributed by atoms with van der Waals surface area (Å²) in [6.45, 7) is 1.86. The van der Waals surface area contributed by atoms with Gasteiger partial charge in [0.1, 0.15) is 5.82 Å². The first-order chi connectivity index (χ1) is 8.97. The molecule has 0 radical (unpaired) electrons. The summed E-state index contributed by atoms with van der Waals surface area (Å²) >= 11 is 10.0. The number of amides is 1. The minimum atomic E-state index is -0.589. The number of benzene rings is 2. The molecule has 0 spiro atoms. The van der Waals surface area contributed by atoms with Gasteiger partial charge in [0.15, 0.2) is 0 Å². The molecule has 1 amide bonds. The van der Waals surface area contributed by atoms with E-state index in [0.717, 1.165) is 5.56 Å². The number of hydrogen-bond donors (Lipinski definition) is 2. The van der Waals surface area contributed by atoms with E-state index in [0.29, 0.717) is 15.6 Å². The highest BCUT2D eigenvalue weighted by molar-refractivity contribution is 7.80. The van der Waals surface area contributed by atoms with Gasteiger partial charge in [-0.25, -0.2) is 4.39 Å². The lowest BCUT2D eigenvalue weighted by Crippen LogP contribution is -2.13. The molecule has 5 heteroatoms. The van der Waals surface area contributed by atoms with Crippen molar-refractivity contribution in [1.82, 2.24) is 0 Å². The van der Waals surface area contributed by atoms with E-state index >= 15 is 0 Å². The predicted octanol–water partition coefficient (Wildman–Crippen LogP) is 4.33. The number of thiol groups is 1. The molecule has 2 rings (SSSR count). The van der Waals surface area contributed by atoms with E-state index in [2.05, 4.69) is 17.9 Å². The summed E-state index contributed by atoms with van der Waals surface area (Å²) < 4.78 is 13.5. The lowest BCUT2D eigenvalue weighted by atomic mass is 10.2. The smallest absolute Gasteiger partial charge is 0.258 e. The Hall–Kier alpha value is -1.52. The standard InChI is InChI=1S/C14H11ClFNOS/c1-8-2-3-9(6-12(8)15)17-14(18)11-7-10(19)4-5-13(11)16/h2-7,19H,1H3,(H,17,18). The molecule has 0 fully saturated rings. The predicted molar refractivity (Wildman–Crippen MR) is 77.8 cm³/mol. The van der Waals surface area contributed by atoms with Crippen molar-refractivity contribution in [2.24, 2.45) is 0 Å². The van der Waals surface area contributed by atoms with Gasteiger partial charge in [0, 0.05) is 15.6 Å². The van der Waals surface area contributed by atoms with Crippen LogP contribution in [0.4, 0.5) is 10.1 Å². The van der Waals surface area contributed by atoms with Crippen molar-refractivity contribution in [3.8, 4) is 0 Å². The quantitative estimate of drug-likeness (QED) is 0.793. The molecule has 2 aromatic carbocycles. The fourth-order valence-corrected chi connectivity index (χ4v) is 1.94. The number of carbonyl (C=O) groups is 1. The highest BCUT2D eigenvalue weighted by atomic mass is 35.5. The van der Waals surface area contributed by atoms with Gasteiger partial charge in [-0.15, -0.1) is 12.6 Å². The van der Waals surface area contributed by atoms with Crippen LogP contribution in [-0.4, -0.2) is 5.91 Å². The molecular weight excluding hydrogens is 285 g/mol. The molecule has 19 heavy (non-hydrogen) atoms. The zero-order valence-corrected chi connectivity index (χ0v) is 11.7. The van der Waals surface area contributed by atoms with Crippen LogP contribution < -0.4 is 5.32 Å². The van der Waals surface area contributed by atoms with Crippen LogP contribution in [0.3, 0.4) is 0 Å². The van der Waals surface area contributed by atoms with Gasteiger partial charge in [-0.2, -0.15) is 0 Å². The Morgan fingerprint density at radius 2 is 2.00 bits per heavy atom. The summed E-state index contributed by atoms with van der Waals surface area (Å²) in [5.74, 6) is -1.12. The molecule has 2 nitrogen and oxygen atoms in total. The third-order valence-electron chi connectivity index (χ3n) is 2.62. The highest BCUT2D eigenvalue weighted by Gasteiger charge is 2.12. The van der Waals surface area contributed by atoms with Crippen LogP contribution in [0, 0.1) is 12.7 Å². The van der Waals surface area contributed by atoms with Gasteiger partial charge >= 0.3 is 0 Å². The van der Waals surface area contributed by atoms with E-state index in [9.17, 15) is 9.18 Å². The van der Waals surface area contributed by atoms with E-state index in [1.165, 1.54) is 18.2 Å². The first kappa shape index (κ1) is 13.9. The summed E-state index contributed by atoms with van der Waals surface area (Å²) in [5, 5.41) is 3.14. The largest absolute Gasteiger partial charge is 0.322 e. The molecule has 0 aliphatic rings. The molecule has 0 saturated carbocycles. The maximum atomic E-state index is 13.5. The van der Waals surface area contributed by atoms with Crippen molar-refractivity contribution in [3.63, 3.8) is 0 Å². The molecule has 2 aromatic rings. The van der Waals surface area contributed by atoms with Crippen molar-refractivity contribution in [2.75, 3.05) is 5.32 Å². The molecule has 98 valence electrons. The lowest BCUT2D eigenvalue weighted by molar-refractivity contribution is 0.102. The maximum absolute atomic E-state index is 13.5. The maximum Gasteiger partial charge on any atom is 0.258 e. The fraction of sp³-hybridized carbons (Fsp3) is 0.0714. The van der Waals surface area contributed by atoms with Crippen LogP contribution in [-0.2, 0) is 0 Å². The van der Waals surface area contributed by atoms with E-state index in [1.54, 1.807) is 18.2 Å². The van der Waals surface area contributed by atoms with Gasteiger partial charge in [-0.1, -0.05) is 17.7 Å². The Kier molecular flexibility index (Phi) is 4.12. The number of halogens is 2. The minimum Gasteiger partial charge on any atom is -0.322 e. The zero-order chi connectivity index (χ0) is 14.0. The topological polar surface area (TPSA) is 29.1 Å². The summed E-state index contributed by atoms with van der Waals surface area (Å²) in [7, 11) is 0. The van der Waals surface area contributed by atoms with Gasteiger partial charge in [-0.05, 0) is 42.8 Å². The molecular formula is C14H11ClFNOS. The van der Waals surface area contributed by atoms with Gasteiger partial charge in [0.2, 0.25) is 0 Å². The first-order valence-corrected chi connectivity index (χ1v) is 6.36. The van der Waals surface area contributed by atoms with Crippen molar-refractivity contribution in [3.05, 3.63) is 58.4 Å². The molecule has 0 saturated heterocycles. The van der Waals surface area contributed by atoms with Gasteiger partial charge in [-0.3, -0.25) is 4.79 Å². The van der Waals surface area contributed by atoms with Gasteiger partial charge < -0.3 is 5.32 Å². The molecule has 0 heterocycles. The zero-order valence-electron chi connectivity index (χ0n) is 10.1. The van der Waals surface area contributed by atoms with E-state index in [4.69, 9.17) is 11.6 Å². The van der Waals surface area contributed by atoms with E-state index in [-0.39, 0.29) is 5.56 Å². The second kappa shape index (κ2) is 5.63. The Balaban J connectivity index is 2.25. The molecule has 0 unspecified atom stereocenters.